The fourth-order valence-corrected chi connectivity index (χ4v) is 2.86. The fourth-order valence-electron chi connectivity index (χ4n) is 2.51. The van der Waals surface area contributed by atoms with E-state index in [4.69, 9.17) is 5.73 Å². The predicted octanol–water partition coefficient (Wildman–Crippen LogP) is 4.44. The Morgan fingerprint density at radius 2 is 2.00 bits per heavy atom. The van der Waals surface area contributed by atoms with E-state index in [0.717, 1.165) is 21.1 Å². The van der Waals surface area contributed by atoms with Gasteiger partial charge in [-0.05, 0) is 49.2 Å². The van der Waals surface area contributed by atoms with Crippen LogP contribution in [0.5, 0.6) is 0 Å². The summed E-state index contributed by atoms with van der Waals surface area (Å²) in [5.41, 5.74) is 9.31. The van der Waals surface area contributed by atoms with E-state index in [2.05, 4.69) is 20.9 Å². The van der Waals surface area contributed by atoms with Crippen LogP contribution in [-0.2, 0) is 0 Å². The van der Waals surface area contributed by atoms with Gasteiger partial charge in [0.1, 0.15) is 5.82 Å². The van der Waals surface area contributed by atoms with E-state index in [9.17, 15) is 4.39 Å². The van der Waals surface area contributed by atoms with Crippen LogP contribution in [0.2, 0.25) is 0 Å². The molecule has 2 aromatic carbocycles. The van der Waals surface area contributed by atoms with E-state index < -0.39 is 0 Å². The molecule has 0 amide bonds. The first-order valence-electron chi connectivity index (χ1n) is 6.66. The Balaban J connectivity index is 2.16. The smallest absolute Gasteiger partial charge is 0.201 e. The zero-order valence-corrected chi connectivity index (χ0v) is 13.4. The number of hydrogen-bond acceptors (Lipinski definition) is 2. The minimum absolute atomic E-state index is 0.0978. The van der Waals surface area contributed by atoms with Crippen LogP contribution in [0.25, 0.3) is 11.0 Å². The molecule has 3 rings (SSSR count). The average Bonchev–Trinajstić information content (AvgIpc) is 2.76. The lowest BCUT2D eigenvalue weighted by molar-refractivity contribution is 0.604. The van der Waals surface area contributed by atoms with Gasteiger partial charge in [-0.25, -0.2) is 9.37 Å². The van der Waals surface area contributed by atoms with Crippen molar-refractivity contribution in [2.45, 2.75) is 19.9 Å². The Morgan fingerprint density at radius 3 is 2.71 bits per heavy atom. The first-order chi connectivity index (χ1) is 9.97. The first-order valence-corrected chi connectivity index (χ1v) is 7.45. The molecule has 1 atom stereocenters. The van der Waals surface area contributed by atoms with E-state index in [1.54, 1.807) is 19.1 Å². The highest BCUT2D eigenvalue weighted by Gasteiger charge is 2.16. The maximum Gasteiger partial charge on any atom is 0.201 e. The number of aromatic nitrogens is 2. The lowest BCUT2D eigenvalue weighted by Gasteiger charge is -2.17. The minimum atomic E-state index is -0.205. The Labute approximate surface area is 130 Å². The number of nitrogens with zero attached hydrogens (tertiary/aromatic N) is 2. The van der Waals surface area contributed by atoms with Gasteiger partial charge in [-0.1, -0.05) is 28.1 Å². The van der Waals surface area contributed by atoms with Crippen molar-refractivity contribution in [3.63, 3.8) is 0 Å². The van der Waals surface area contributed by atoms with Gasteiger partial charge in [-0.3, -0.25) is 0 Å². The zero-order valence-electron chi connectivity index (χ0n) is 11.8. The molecule has 1 unspecified atom stereocenters. The molecule has 21 heavy (non-hydrogen) atoms. The summed E-state index contributed by atoms with van der Waals surface area (Å²) in [5, 5.41) is 0. The third-order valence-electron chi connectivity index (χ3n) is 3.74. The number of nitrogens with two attached hydrogens (primary N) is 1. The van der Waals surface area contributed by atoms with Crippen molar-refractivity contribution >= 4 is 32.9 Å². The highest BCUT2D eigenvalue weighted by molar-refractivity contribution is 9.10. The summed E-state index contributed by atoms with van der Waals surface area (Å²) in [5.74, 6) is 0.222. The van der Waals surface area contributed by atoms with Crippen molar-refractivity contribution in [2.75, 3.05) is 5.73 Å². The summed E-state index contributed by atoms with van der Waals surface area (Å²) >= 11 is 3.46. The quantitative estimate of drug-likeness (QED) is 0.744. The second-order valence-electron chi connectivity index (χ2n) is 5.16. The van der Waals surface area contributed by atoms with Gasteiger partial charge in [0.2, 0.25) is 5.95 Å². The van der Waals surface area contributed by atoms with Crippen molar-refractivity contribution in [3.8, 4) is 0 Å². The van der Waals surface area contributed by atoms with Gasteiger partial charge in [0, 0.05) is 4.47 Å². The summed E-state index contributed by atoms with van der Waals surface area (Å²) in [6, 6.07) is 11.0. The molecule has 0 aliphatic heterocycles. The first kappa shape index (κ1) is 14.1. The zero-order chi connectivity index (χ0) is 15.1. The third kappa shape index (κ3) is 2.42. The number of imidazole rings is 1. The Kier molecular flexibility index (Phi) is 3.45. The molecule has 5 heteroatoms. The van der Waals surface area contributed by atoms with Gasteiger partial charge in [0.05, 0.1) is 17.1 Å². The van der Waals surface area contributed by atoms with Crippen LogP contribution < -0.4 is 5.73 Å². The Morgan fingerprint density at radius 1 is 1.24 bits per heavy atom. The normalized spacial score (nSPS) is 12.8. The van der Waals surface area contributed by atoms with E-state index >= 15 is 0 Å². The average molecular weight is 348 g/mol. The molecule has 0 aliphatic carbocycles. The topological polar surface area (TPSA) is 43.8 Å². The molecule has 3 nitrogen and oxygen atoms in total. The number of benzene rings is 2. The second kappa shape index (κ2) is 5.15. The highest BCUT2D eigenvalue weighted by atomic mass is 79.9. The van der Waals surface area contributed by atoms with Gasteiger partial charge in [-0.15, -0.1) is 0 Å². The van der Waals surface area contributed by atoms with Crippen LogP contribution >= 0.6 is 15.9 Å². The van der Waals surface area contributed by atoms with Crippen molar-refractivity contribution < 1.29 is 4.39 Å². The monoisotopic (exact) mass is 347 g/mol. The number of aryl methyl sites for hydroxylation is 1. The van der Waals surface area contributed by atoms with Crippen molar-refractivity contribution in [1.29, 1.82) is 0 Å². The van der Waals surface area contributed by atoms with Crippen LogP contribution in [-0.4, -0.2) is 9.55 Å². The van der Waals surface area contributed by atoms with Crippen molar-refractivity contribution in [3.05, 3.63) is 57.8 Å². The van der Waals surface area contributed by atoms with Gasteiger partial charge in [0.25, 0.3) is 0 Å². The van der Waals surface area contributed by atoms with Crippen molar-refractivity contribution in [2.24, 2.45) is 0 Å². The van der Waals surface area contributed by atoms with E-state index in [1.165, 1.54) is 0 Å². The Hall–Kier alpha value is -1.88. The summed E-state index contributed by atoms with van der Waals surface area (Å²) in [4.78, 5) is 4.37. The molecule has 0 radical (unpaired) electrons. The van der Waals surface area contributed by atoms with Crippen molar-refractivity contribution in [1.82, 2.24) is 9.55 Å². The molecule has 0 fully saturated rings. The Bertz CT molecular complexity index is 826. The lowest BCUT2D eigenvalue weighted by Crippen LogP contribution is -2.10. The second-order valence-corrected chi connectivity index (χ2v) is 6.07. The number of halogens is 2. The summed E-state index contributed by atoms with van der Waals surface area (Å²) in [6.45, 7) is 3.74. The fraction of sp³-hybridized carbons (Fsp3) is 0.188. The molecule has 0 saturated carbocycles. The SMILES string of the molecule is Cc1ccc(C(C)n2c(N)nc3ccc(Br)cc32)cc1F. The van der Waals surface area contributed by atoms with Crippen LogP contribution in [0.4, 0.5) is 10.3 Å². The van der Waals surface area contributed by atoms with Gasteiger partial charge < -0.3 is 10.3 Å². The van der Waals surface area contributed by atoms with Gasteiger partial charge in [0.15, 0.2) is 0 Å². The predicted molar refractivity (Wildman–Crippen MR) is 86.8 cm³/mol. The molecule has 1 aromatic heterocycles. The molecule has 0 bridgehead atoms. The van der Waals surface area contributed by atoms with Crippen LogP contribution in [0.1, 0.15) is 24.1 Å². The standard InChI is InChI=1S/C16H15BrFN3/c1-9-3-4-11(7-13(9)18)10(2)21-15-8-12(17)5-6-14(15)20-16(21)19/h3-8,10H,1-2H3,(H2,19,20). The number of rotatable bonds is 2. The molecule has 3 aromatic rings. The van der Waals surface area contributed by atoms with Gasteiger partial charge in [-0.2, -0.15) is 0 Å². The molecule has 108 valence electrons. The van der Waals surface area contributed by atoms with Crippen LogP contribution in [0, 0.1) is 12.7 Å². The summed E-state index contributed by atoms with van der Waals surface area (Å²) < 4.78 is 16.7. The number of hydrogen-bond donors (Lipinski definition) is 1. The lowest BCUT2D eigenvalue weighted by atomic mass is 10.1. The maximum absolute atomic E-state index is 13.8. The van der Waals surface area contributed by atoms with E-state index in [0.29, 0.717) is 11.5 Å². The molecular formula is C16H15BrFN3. The maximum atomic E-state index is 13.8. The molecule has 0 saturated heterocycles. The minimum Gasteiger partial charge on any atom is -0.369 e. The van der Waals surface area contributed by atoms with Crippen LogP contribution in [0.15, 0.2) is 40.9 Å². The number of fused-ring (bicyclic) bond motifs is 1. The number of anilines is 1. The molecular weight excluding hydrogens is 333 g/mol. The summed E-state index contributed by atoms with van der Waals surface area (Å²) in [6.07, 6.45) is 0. The molecule has 0 aliphatic rings. The van der Waals surface area contributed by atoms with E-state index in [1.807, 2.05) is 35.8 Å². The molecule has 2 N–H and O–H groups in total. The van der Waals surface area contributed by atoms with Crippen LogP contribution in [0.3, 0.4) is 0 Å². The molecule has 1 heterocycles. The largest absolute Gasteiger partial charge is 0.369 e. The highest BCUT2D eigenvalue weighted by Crippen LogP contribution is 2.29. The molecule has 0 spiro atoms. The summed E-state index contributed by atoms with van der Waals surface area (Å²) in [7, 11) is 0. The third-order valence-corrected chi connectivity index (χ3v) is 4.24. The van der Waals surface area contributed by atoms with E-state index in [-0.39, 0.29) is 11.9 Å². The number of nitrogen functional groups attached to an aromatic ring is 1. The van der Waals surface area contributed by atoms with Gasteiger partial charge >= 0.3 is 0 Å².